The topological polar surface area (TPSA) is 48.1 Å². The van der Waals surface area contributed by atoms with E-state index in [0.717, 1.165) is 27.9 Å². The van der Waals surface area contributed by atoms with Gasteiger partial charge in [-0.05, 0) is 31.5 Å². The highest BCUT2D eigenvalue weighted by atomic mass is 79.9. The highest BCUT2D eigenvalue weighted by Crippen LogP contribution is 2.26. The molecule has 0 bridgehead atoms. The summed E-state index contributed by atoms with van der Waals surface area (Å²) in [5.41, 5.74) is 9.93. The summed E-state index contributed by atoms with van der Waals surface area (Å²) in [6.45, 7) is 4.65. The van der Waals surface area contributed by atoms with Crippen molar-refractivity contribution in [1.29, 1.82) is 0 Å². The molecule has 0 saturated carbocycles. The zero-order valence-electron chi connectivity index (χ0n) is 11.0. The van der Waals surface area contributed by atoms with E-state index in [1.807, 2.05) is 37.6 Å². The molecular weight excluding hydrogens is 324 g/mol. The van der Waals surface area contributed by atoms with Crippen molar-refractivity contribution >= 4 is 27.3 Å². The third kappa shape index (κ3) is 3.78. The second kappa shape index (κ2) is 6.50. The maximum atomic E-state index is 5.87. The second-order valence-electron chi connectivity index (χ2n) is 4.43. The fraction of sp³-hybridized carbons (Fsp3) is 0.357. The van der Waals surface area contributed by atoms with E-state index in [4.69, 9.17) is 10.5 Å². The van der Waals surface area contributed by atoms with Gasteiger partial charge in [0.2, 0.25) is 0 Å². The summed E-state index contributed by atoms with van der Waals surface area (Å²) < 4.78 is 6.75. The molecule has 19 heavy (non-hydrogen) atoms. The molecule has 0 fully saturated rings. The lowest BCUT2D eigenvalue weighted by molar-refractivity contribution is 0.322. The Morgan fingerprint density at radius 3 is 2.84 bits per heavy atom. The average molecular weight is 341 g/mol. The lowest BCUT2D eigenvalue weighted by atomic mass is 10.1. The maximum Gasteiger partial charge on any atom is 0.120 e. The van der Waals surface area contributed by atoms with Crippen LogP contribution in [0.4, 0.5) is 0 Å². The average Bonchev–Trinajstić information content (AvgIpc) is 2.75. The van der Waals surface area contributed by atoms with Gasteiger partial charge in [0, 0.05) is 21.8 Å². The van der Waals surface area contributed by atoms with Gasteiger partial charge in [0.05, 0.1) is 17.8 Å². The zero-order valence-corrected chi connectivity index (χ0v) is 13.4. The molecule has 1 atom stereocenters. The molecule has 0 aliphatic carbocycles. The van der Waals surface area contributed by atoms with Gasteiger partial charge in [-0.2, -0.15) is 0 Å². The molecule has 2 N–H and O–H groups in total. The van der Waals surface area contributed by atoms with Crippen LogP contribution >= 0.6 is 27.3 Å². The number of aromatic nitrogens is 1. The molecule has 102 valence electrons. The molecule has 5 heteroatoms. The smallest absolute Gasteiger partial charge is 0.120 e. The lowest BCUT2D eigenvalue weighted by Crippen LogP contribution is -2.06. The van der Waals surface area contributed by atoms with E-state index in [9.17, 15) is 0 Å². The van der Waals surface area contributed by atoms with Crippen LogP contribution in [0.2, 0.25) is 0 Å². The molecule has 2 aromatic rings. The highest BCUT2D eigenvalue weighted by Gasteiger charge is 2.07. The van der Waals surface area contributed by atoms with Gasteiger partial charge >= 0.3 is 0 Å². The van der Waals surface area contributed by atoms with Gasteiger partial charge in [0.25, 0.3) is 0 Å². The van der Waals surface area contributed by atoms with Crippen LogP contribution in [-0.4, -0.2) is 11.6 Å². The third-order valence-corrected chi connectivity index (χ3v) is 4.59. The van der Waals surface area contributed by atoms with Crippen molar-refractivity contribution in [2.75, 3.05) is 6.61 Å². The number of nitrogens with two attached hydrogens (primary N) is 1. The first-order chi connectivity index (χ1) is 9.08. The van der Waals surface area contributed by atoms with E-state index in [2.05, 4.69) is 20.9 Å². The normalized spacial score (nSPS) is 12.4. The monoisotopic (exact) mass is 340 g/mol. The summed E-state index contributed by atoms with van der Waals surface area (Å²) in [4.78, 5) is 5.51. The van der Waals surface area contributed by atoms with Gasteiger partial charge in [-0.25, -0.2) is 4.98 Å². The summed E-state index contributed by atoms with van der Waals surface area (Å²) in [6.07, 6.45) is 0.892. The zero-order chi connectivity index (χ0) is 13.8. The summed E-state index contributed by atoms with van der Waals surface area (Å²) in [6, 6.07) is 5.95. The van der Waals surface area contributed by atoms with Crippen LogP contribution in [0, 0.1) is 6.92 Å². The highest BCUT2D eigenvalue weighted by molar-refractivity contribution is 9.10. The van der Waals surface area contributed by atoms with Crippen molar-refractivity contribution in [2.45, 2.75) is 26.3 Å². The number of hydrogen-bond acceptors (Lipinski definition) is 4. The molecule has 3 nitrogen and oxygen atoms in total. The van der Waals surface area contributed by atoms with Crippen molar-refractivity contribution in [3.8, 4) is 5.75 Å². The lowest BCUT2D eigenvalue weighted by Gasteiger charge is -2.11. The number of aryl methyl sites for hydroxylation is 1. The van der Waals surface area contributed by atoms with Crippen LogP contribution in [0.25, 0.3) is 0 Å². The van der Waals surface area contributed by atoms with Gasteiger partial charge in [0.1, 0.15) is 5.75 Å². The summed E-state index contributed by atoms with van der Waals surface area (Å²) in [7, 11) is 0. The largest absolute Gasteiger partial charge is 0.493 e. The molecule has 1 heterocycles. The van der Waals surface area contributed by atoms with Crippen molar-refractivity contribution < 1.29 is 4.74 Å². The van der Waals surface area contributed by atoms with E-state index >= 15 is 0 Å². The Balaban J connectivity index is 1.93. The minimum absolute atomic E-state index is 0.0169. The van der Waals surface area contributed by atoms with Gasteiger partial charge in [-0.1, -0.05) is 22.0 Å². The number of ether oxygens (including phenoxy) is 1. The number of nitrogens with zero attached hydrogens (tertiary/aromatic N) is 1. The Morgan fingerprint density at radius 2 is 2.26 bits per heavy atom. The summed E-state index contributed by atoms with van der Waals surface area (Å²) in [5, 5.41) is 0. The van der Waals surface area contributed by atoms with Gasteiger partial charge in [-0.15, -0.1) is 11.3 Å². The summed E-state index contributed by atoms with van der Waals surface area (Å²) >= 11 is 5.20. The standard InChI is InChI=1S/C14H17BrN2OS/c1-9(16)12-4-3-11(7-13(12)15)18-6-5-14-10(2)17-8-19-14/h3-4,7-9H,5-6,16H2,1-2H3. The molecule has 0 aliphatic rings. The molecule has 1 aromatic heterocycles. The molecule has 1 unspecified atom stereocenters. The molecule has 0 radical (unpaired) electrons. The van der Waals surface area contributed by atoms with Crippen molar-refractivity contribution in [2.24, 2.45) is 5.73 Å². The Kier molecular flexibility index (Phi) is 4.96. The Labute approximate surface area is 125 Å². The number of halogens is 1. The molecule has 1 aromatic carbocycles. The number of hydrogen-bond donors (Lipinski definition) is 1. The van der Waals surface area contributed by atoms with E-state index in [1.54, 1.807) is 11.3 Å². The number of thiazole rings is 1. The quantitative estimate of drug-likeness (QED) is 0.898. The van der Waals surface area contributed by atoms with Crippen molar-refractivity contribution in [3.63, 3.8) is 0 Å². The first-order valence-corrected chi connectivity index (χ1v) is 7.82. The SMILES string of the molecule is Cc1ncsc1CCOc1ccc(C(C)N)c(Br)c1. The first-order valence-electron chi connectivity index (χ1n) is 6.14. The molecule has 0 amide bonds. The van der Waals surface area contributed by atoms with Crippen LogP contribution in [0.5, 0.6) is 5.75 Å². The molecule has 0 saturated heterocycles. The molecular formula is C14H17BrN2OS. The first kappa shape index (κ1) is 14.5. The Morgan fingerprint density at radius 1 is 1.47 bits per heavy atom. The van der Waals surface area contributed by atoms with Gasteiger partial charge < -0.3 is 10.5 Å². The Hall–Kier alpha value is -0.910. The van der Waals surface area contributed by atoms with Crippen LogP contribution in [-0.2, 0) is 6.42 Å². The summed E-state index contributed by atoms with van der Waals surface area (Å²) in [5.74, 6) is 0.860. The predicted molar refractivity (Wildman–Crippen MR) is 82.8 cm³/mol. The maximum absolute atomic E-state index is 5.87. The molecule has 0 aliphatic heterocycles. The van der Waals surface area contributed by atoms with Crippen LogP contribution in [0.15, 0.2) is 28.2 Å². The number of rotatable bonds is 5. The van der Waals surface area contributed by atoms with Crippen molar-refractivity contribution in [1.82, 2.24) is 4.98 Å². The fourth-order valence-corrected chi connectivity index (χ4v) is 3.28. The number of benzene rings is 1. The van der Waals surface area contributed by atoms with E-state index in [-0.39, 0.29) is 6.04 Å². The predicted octanol–water partition coefficient (Wildman–Crippen LogP) is 3.86. The third-order valence-electron chi connectivity index (χ3n) is 2.91. The van der Waals surface area contributed by atoms with Crippen LogP contribution < -0.4 is 10.5 Å². The minimum atomic E-state index is 0.0169. The van der Waals surface area contributed by atoms with E-state index < -0.39 is 0 Å². The van der Waals surface area contributed by atoms with Crippen LogP contribution in [0.1, 0.15) is 29.1 Å². The van der Waals surface area contributed by atoms with E-state index in [1.165, 1.54) is 4.88 Å². The minimum Gasteiger partial charge on any atom is -0.493 e. The second-order valence-corrected chi connectivity index (χ2v) is 6.23. The van der Waals surface area contributed by atoms with Gasteiger partial charge in [-0.3, -0.25) is 0 Å². The van der Waals surface area contributed by atoms with Crippen LogP contribution in [0.3, 0.4) is 0 Å². The van der Waals surface area contributed by atoms with Gasteiger partial charge in [0.15, 0.2) is 0 Å². The van der Waals surface area contributed by atoms with E-state index in [0.29, 0.717) is 6.61 Å². The Bertz CT molecular complexity index is 554. The molecule has 0 spiro atoms. The van der Waals surface area contributed by atoms with Crippen molar-refractivity contribution in [3.05, 3.63) is 44.3 Å². The molecule has 2 rings (SSSR count). The fourth-order valence-electron chi connectivity index (χ4n) is 1.79.